The van der Waals surface area contributed by atoms with E-state index in [1.54, 1.807) is 6.92 Å². The number of hydrogen-bond donors (Lipinski definition) is 4. The predicted molar refractivity (Wildman–Crippen MR) is 122 cm³/mol. The zero-order valence-electron chi connectivity index (χ0n) is 16.6. The topological polar surface area (TPSA) is 153 Å². The lowest BCUT2D eigenvalue weighted by Gasteiger charge is -2.17. The fraction of sp³-hybridized carbons (Fsp3) is 0.150. The standard InChI is InChI=1S/C20H22N6O3S2/c1-2-23-31(28,29)15-10-8-14(9-11-15)24-19(27)18(13-6-4-3-5-7-13)30-20-25-16(21)12-17(22)26-20/h3-12,18,23H,2H2,1H3,(H,24,27)(H4,21,22,25,26). The van der Waals surface area contributed by atoms with Gasteiger partial charge in [0.15, 0.2) is 5.16 Å². The third-order valence-corrected chi connectivity index (χ3v) is 6.75. The molecular weight excluding hydrogens is 436 g/mol. The maximum atomic E-state index is 13.1. The average Bonchev–Trinajstić information content (AvgIpc) is 2.72. The summed E-state index contributed by atoms with van der Waals surface area (Å²) >= 11 is 1.11. The fourth-order valence-electron chi connectivity index (χ4n) is 2.72. The lowest BCUT2D eigenvalue weighted by Crippen LogP contribution is -2.23. The highest BCUT2D eigenvalue weighted by molar-refractivity contribution is 8.00. The van der Waals surface area contributed by atoms with Gasteiger partial charge in [-0.25, -0.2) is 23.1 Å². The zero-order chi connectivity index (χ0) is 22.4. The minimum atomic E-state index is -3.57. The Kier molecular flexibility index (Phi) is 7.10. The van der Waals surface area contributed by atoms with Gasteiger partial charge in [0.25, 0.3) is 0 Å². The number of benzene rings is 2. The minimum absolute atomic E-state index is 0.116. The van der Waals surface area contributed by atoms with Gasteiger partial charge >= 0.3 is 0 Å². The number of aromatic nitrogens is 2. The van der Waals surface area contributed by atoms with E-state index in [4.69, 9.17) is 11.5 Å². The maximum Gasteiger partial charge on any atom is 0.242 e. The number of nitrogen functional groups attached to an aromatic ring is 2. The van der Waals surface area contributed by atoms with Crippen molar-refractivity contribution in [3.05, 3.63) is 66.2 Å². The first-order valence-corrected chi connectivity index (χ1v) is 11.7. The van der Waals surface area contributed by atoms with Crippen molar-refractivity contribution in [1.29, 1.82) is 0 Å². The highest BCUT2D eigenvalue weighted by atomic mass is 32.2. The summed E-state index contributed by atoms with van der Waals surface area (Å²) in [5, 5.41) is 2.39. The maximum absolute atomic E-state index is 13.1. The normalized spacial score (nSPS) is 12.3. The molecule has 3 rings (SSSR count). The van der Waals surface area contributed by atoms with Crippen LogP contribution in [0.1, 0.15) is 17.7 Å². The Hall–Kier alpha value is -3.15. The van der Waals surface area contributed by atoms with Gasteiger partial charge in [0, 0.05) is 18.3 Å². The van der Waals surface area contributed by atoms with Gasteiger partial charge in [0.1, 0.15) is 16.9 Å². The van der Waals surface area contributed by atoms with Crippen molar-refractivity contribution in [2.24, 2.45) is 0 Å². The van der Waals surface area contributed by atoms with Crippen molar-refractivity contribution < 1.29 is 13.2 Å². The number of rotatable bonds is 8. The first-order chi connectivity index (χ1) is 14.8. The van der Waals surface area contributed by atoms with E-state index in [1.807, 2.05) is 30.3 Å². The van der Waals surface area contributed by atoms with Crippen LogP contribution >= 0.6 is 11.8 Å². The SMILES string of the molecule is CCNS(=O)(=O)c1ccc(NC(=O)C(Sc2nc(N)cc(N)n2)c2ccccc2)cc1. The van der Waals surface area contributed by atoms with Gasteiger partial charge in [-0.1, -0.05) is 49.0 Å². The van der Waals surface area contributed by atoms with Crippen molar-refractivity contribution in [2.45, 2.75) is 22.2 Å². The molecule has 1 aromatic heterocycles. The quantitative estimate of drug-likeness (QED) is 0.296. The first-order valence-electron chi connectivity index (χ1n) is 9.30. The minimum Gasteiger partial charge on any atom is -0.383 e. The highest BCUT2D eigenvalue weighted by Gasteiger charge is 2.24. The molecule has 0 radical (unpaired) electrons. The molecule has 11 heteroatoms. The van der Waals surface area contributed by atoms with Crippen LogP contribution in [0, 0.1) is 0 Å². The van der Waals surface area contributed by atoms with Crippen LogP contribution in [0.5, 0.6) is 0 Å². The molecule has 0 aliphatic carbocycles. The lowest BCUT2D eigenvalue weighted by atomic mass is 10.1. The third kappa shape index (κ3) is 5.94. The van der Waals surface area contributed by atoms with E-state index in [9.17, 15) is 13.2 Å². The smallest absolute Gasteiger partial charge is 0.242 e. The molecule has 0 aliphatic rings. The van der Waals surface area contributed by atoms with Gasteiger partial charge < -0.3 is 16.8 Å². The van der Waals surface area contributed by atoms with Crippen molar-refractivity contribution in [3.63, 3.8) is 0 Å². The van der Waals surface area contributed by atoms with Crippen molar-refractivity contribution in [1.82, 2.24) is 14.7 Å². The number of anilines is 3. The van der Waals surface area contributed by atoms with E-state index < -0.39 is 15.3 Å². The Bertz CT molecular complexity index is 1140. The number of carbonyl (C=O) groups excluding carboxylic acids is 1. The van der Waals surface area contributed by atoms with Gasteiger partial charge in [-0.2, -0.15) is 0 Å². The van der Waals surface area contributed by atoms with E-state index in [1.165, 1.54) is 30.3 Å². The number of nitrogens with two attached hydrogens (primary N) is 2. The van der Waals surface area contributed by atoms with E-state index in [2.05, 4.69) is 20.0 Å². The fourth-order valence-corrected chi connectivity index (χ4v) is 4.75. The number of hydrogen-bond acceptors (Lipinski definition) is 8. The number of amides is 1. The molecule has 3 aromatic rings. The van der Waals surface area contributed by atoms with Crippen LogP contribution in [-0.4, -0.2) is 30.8 Å². The molecule has 2 aromatic carbocycles. The number of nitrogens with zero attached hydrogens (tertiary/aromatic N) is 2. The second-order valence-electron chi connectivity index (χ2n) is 6.42. The summed E-state index contributed by atoms with van der Waals surface area (Å²) in [5.74, 6) is 0.0856. The van der Waals surface area contributed by atoms with Gasteiger partial charge in [-0.05, 0) is 29.8 Å². The Morgan fingerprint density at radius 2 is 1.65 bits per heavy atom. The second-order valence-corrected chi connectivity index (χ2v) is 9.26. The number of sulfonamides is 1. The predicted octanol–water partition coefficient (Wildman–Crippen LogP) is 2.41. The molecule has 1 unspecified atom stereocenters. The van der Waals surface area contributed by atoms with Gasteiger partial charge in [0.2, 0.25) is 15.9 Å². The van der Waals surface area contributed by atoms with E-state index in [-0.39, 0.29) is 34.1 Å². The largest absolute Gasteiger partial charge is 0.383 e. The molecule has 1 heterocycles. The molecule has 162 valence electrons. The zero-order valence-corrected chi connectivity index (χ0v) is 18.3. The highest BCUT2D eigenvalue weighted by Crippen LogP contribution is 2.35. The third-order valence-electron chi connectivity index (χ3n) is 4.08. The van der Waals surface area contributed by atoms with Crippen molar-refractivity contribution in [3.8, 4) is 0 Å². The molecule has 9 nitrogen and oxygen atoms in total. The summed E-state index contributed by atoms with van der Waals surface area (Å²) in [6.45, 7) is 1.98. The Labute approximate surface area is 184 Å². The number of nitrogens with one attached hydrogen (secondary N) is 2. The molecule has 6 N–H and O–H groups in total. The van der Waals surface area contributed by atoms with Gasteiger partial charge in [-0.15, -0.1) is 0 Å². The summed E-state index contributed by atoms with van der Waals surface area (Å²) in [5.41, 5.74) is 12.7. The van der Waals surface area contributed by atoms with Crippen LogP contribution in [0.4, 0.5) is 17.3 Å². The molecule has 1 amide bonds. The molecule has 0 bridgehead atoms. The Morgan fingerprint density at radius 1 is 1.03 bits per heavy atom. The molecule has 0 fully saturated rings. The Morgan fingerprint density at radius 3 is 2.23 bits per heavy atom. The second kappa shape index (κ2) is 9.77. The molecule has 0 saturated carbocycles. The van der Waals surface area contributed by atoms with Gasteiger partial charge in [0.05, 0.1) is 4.90 Å². The monoisotopic (exact) mass is 458 g/mol. The number of carbonyl (C=O) groups is 1. The van der Waals surface area contributed by atoms with Crippen molar-refractivity contribution in [2.75, 3.05) is 23.3 Å². The molecule has 0 aliphatic heterocycles. The van der Waals surface area contributed by atoms with Crippen LogP contribution in [0.15, 0.2) is 70.7 Å². The van der Waals surface area contributed by atoms with Gasteiger partial charge in [-0.3, -0.25) is 4.79 Å². The molecule has 0 spiro atoms. The first kappa shape index (κ1) is 22.5. The Balaban J connectivity index is 1.83. The summed E-state index contributed by atoms with van der Waals surface area (Å²) < 4.78 is 26.6. The van der Waals surface area contributed by atoms with Crippen LogP contribution in [0.2, 0.25) is 0 Å². The summed E-state index contributed by atoms with van der Waals surface area (Å²) in [4.78, 5) is 21.5. The average molecular weight is 459 g/mol. The number of thioether (sulfide) groups is 1. The molecule has 31 heavy (non-hydrogen) atoms. The summed E-state index contributed by atoms with van der Waals surface area (Å²) in [7, 11) is -3.57. The van der Waals surface area contributed by atoms with Crippen molar-refractivity contribution >= 4 is 45.0 Å². The van der Waals surface area contributed by atoms with Crippen LogP contribution in [-0.2, 0) is 14.8 Å². The summed E-state index contributed by atoms with van der Waals surface area (Å²) in [6, 6.07) is 16.5. The molecular formula is C20H22N6O3S2. The van der Waals surface area contributed by atoms with Crippen LogP contribution in [0.3, 0.4) is 0 Å². The summed E-state index contributed by atoms with van der Waals surface area (Å²) in [6.07, 6.45) is 0. The van der Waals surface area contributed by atoms with Crippen LogP contribution < -0.4 is 21.5 Å². The lowest BCUT2D eigenvalue weighted by molar-refractivity contribution is -0.115. The van der Waals surface area contributed by atoms with Crippen LogP contribution in [0.25, 0.3) is 0 Å². The van der Waals surface area contributed by atoms with E-state index in [0.29, 0.717) is 5.69 Å². The van der Waals surface area contributed by atoms with E-state index in [0.717, 1.165) is 17.3 Å². The molecule has 0 saturated heterocycles. The van der Waals surface area contributed by atoms with E-state index >= 15 is 0 Å². The molecule has 1 atom stereocenters.